The lowest BCUT2D eigenvalue weighted by Crippen LogP contribution is -2.28. The highest BCUT2D eigenvalue weighted by atomic mass is 16.3. The van der Waals surface area contributed by atoms with E-state index in [2.05, 4.69) is 10.6 Å². The summed E-state index contributed by atoms with van der Waals surface area (Å²) in [5.74, 6) is 0.763. The lowest BCUT2D eigenvalue weighted by Gasteiger charge is -2.22. The first-order chi connectivity index (χ1) is 9.28. The maximum absolute atomic E-state index is 11.8. The fourth-order valence-corrected chi connectivity index (χ4v) is 2.42. The molecule has 1 heterocycles. The molecule has 4 nitrogen and oxygen atoms in total. The Morgan fingerprint density at radius 3 is 2.58 bits per heavy atom. The third-order valence-electron chi connectivity index (χ3n) is 3.66. The average Bonchev–Trinajstić information content (AvgIpc) is 2.47. The van der Waals surface area contributed by atoms with Crippen molar-refractivity contribution in [2.24, 2.45) is 5.92 Å². The molecule has 0 unspecified atom stereocenters. The van der Waals surface area contributed by atoms with Gasteiger partial charge in [-0.3, -0.25) is 4.79 Å². The van der Waals surface area contributed by atoms with Gasteiger partial charge in [-0.05, 0) is 56.0 Å². The van der Waals surface area contributed by atoms with Crippen LogP contribution in [0, 0.1) is 5.92 Å². The summed E-state index contributed by atoms with van der Waals surface area (Å²) >= 11 is 0. The van der Waals surface area contributed by atoms with Gasteiger partial charge in [-0.15, -0.1) is 0 Å². The molecule has 1 fully saturated rings. The van der Waals surface area contributed by atoms with E-state index in [1.54, 1.807) is 0 Å². The highest BCUT2D eigenvalue weighted by Gasteiger charge is 2.14. The van der Waals surface area contributed by atoms with Crippen LogP contribution < -0.4 is 10.6 Å². The van der Waals surface area contributed by atoms with Crippen molar-refractivity contribution in [1.29, 1.82) is 0 Å². The second-order valence-corrected chi connectivity index (χ2v) is 5.14. The number of amides is 1. The largest absolute Gasteiger partial charge is 0.392 e. The van der Waals surface area contributed by atoms with Crippen molar-refractivity contribution in [3.63, 3.8) is 0 Å². The van der Waals surface area contributed by atoms with Crippen LogP contribution >= 0.6 is 0 Å². The van der Waals surface area contributed by atoms with Crippen molar-refractivity contribution in [2.45, 2.75) is 32.3 Å². The maximum Gasteiger partial charge on any atom is 0.224 e. The first kappa shape index (κ1) is 14.0. The third kappa shape index (κ3) is 4.65. The molecule has 0 atom stereocenters. The van der Waals surface area contributed by atoms with Crippen LogP contribution in [0.1, 0.15) is 31.2 Å². The van der Waals surface area contributed by atoms with E-state index in [4.69, 9.17) is 5.11 Å². The van der Waals surface area contributed by atoms with Gasteiger partial charge >= 0.3 is 0 Å². The first-order valence-electron chi connectivity index (χ1n) is 6.98. The Hall–Kier alpha value is -1.39. The van der Waals surface area contributed by atoms with Gasteiger partial charge in [0.15, 0.2) is 0 Å². The molecule has 0 aliphatic carbocycles. The Kier molecular flexibility index (Phi) is 5.36. The molecule has 0 saturated carbocycles. The van der Waals surface area contributed by atoms with Crippen LogP contribution in [0.2, 0.25) is 0 Å². The summed E-state index contributed by atoms with van der Waals surface area (Å²) in [4.78, 5) is 11.8. The standard InChI is InChI=1S/C15H22N2O2/c18-11-13-1-4-14(5-2-13)17-15(19)6-3-12-7-9-16-10-8-12/h1-2,4-5,12,16,18H,3,6-11H2,(H,17,19). The number of aliphatic hydroxyl groups is 1. The summed E-state index contributed by atoms with van der Waals surface area (Å²) < 4.78 is 0. The molecule has 19 heavy (non-hydrogen) atoms. The summed E-state index contributed by atoms with van der Waals surface area (Å²) in [6.45, 7) is 2.19. The van der Waals surface area contributed by atoms with Gasteiger partial charge in [-0.25, -0.2) is 0 Å². The second-order valence-electron chi connectivity index (χ2n) is 5.14. The topological polar surface area (TPSA) is 61.4 Å². The fraction of sp³-hybridized carbons (Fsp3) is 0.533. The predicted octanol–water partition coefficient (Wildman–Crippen LogP) is 1.90. The minimum Gasteiger partial charge on any atom is -0.392 e. The molecule has 0 bridgehead atoms. The number of piperidine rings is 1. The molecule has 0 radical (unpaired) electrons. The average molecular weight is 262 g/mol. The van der Waals surface area contributed by atoms with Gasteiger partial charge in [-0.2, -0.15) is 0 Å². The highest BCUT2D eigenvalue weighted by Crippen LogP contribution is 2.18. The van der Waals surface area contributed by atoms with Crippen LogP contribution in [-0.4, -0.2) is 24.1 Å². The van der Waals surface area contributed by atoms with Crippen molar-refractivity contribution in [1.82, 2.24) is 5.32 Å². The molecule has 1 aliphatic rings. The number of anilines is 1. The fourth-order valence-electron chi connectivity index (χ4n) is 2.42. The van der Waals surface area contributed by atoms with E-state index in [9.17, 15) is 4.79 Å². The molecule has 0 aromatic heterocycles. The smallest absolute Gasteiger partial charge is 0.224 e. The SMILES string of the molecule is O=C(CCC1CCNCC1)Nc1ccc(CO)cc1. The van der Waals surface area contributed by atoms with Crippen LogP contribution in [-0.2, 0) is 11.4 Å². The minimum atomic E-state index is 0.0317. The van der Waals surface area contributed by atoms with Gasteiger partial charge in [0.1, 0.15) is 0 Å². The summed E-state index contributed by atoms with van der Waals surface area (Å²) in [7, 11) is 0. The molecule has 1 aromatic rings. The molecule has 0 spiro atoms. The Bertz CT molecular complexity index is 397. The predicted molar refractivity (Wildman–Crippen MR) is 75.8 cm³/mol. The number of benzene rings is 1. The quantitative estimate of drug-likeness (QED) is 0.759. The van der Waals surface area contributed by atoms with Gasteiger partial charge < -0.3 is 15.7 Å². The highest BCUT2D eigenvalue weighted by molar-refractivity contribution is 5.90. The number of carbonyl (C=O) groups is 1. The Morgan fingerprint density at radius 1 is 1.26 bits per heavy atom. The summed E-state index contributed by atoms with van der Waals surface area (Å²) in [6.07, 6.45) is 3.92. The van der Waals surface area contributed by atoms with Gasteiger partial charge in [0.05, 0.1) is 6.61 Å². The zero-order valence-corrected chi connectivity index (χ0v) is 11.2. The van der Waals surface area contributed by atoms with Crippen LogP contribution in [0.15, 0.2) is 24.3 Å². The van der Waals surface area contributed by atoms with Gasteiger partial charge in [-0.1, -0.05) is 12.1 Å². The van der Waals surface area contributed by atoms with Crippen LogP contribution in [0.4, 0.5) is 5.69 Å². The molecule has 1 aliphatic heterocycles. The van der Waals surface area contributed by atoms with E-state index in [1.807, 2.05) is 24.3 Å². The number of hydrogen-bond donors (Lipinski definition) is 3. The Morgan fingerprint density at radius 2 is 1.95 bits per heavy atom. The molecule has 2 rings (SSSR count). The number of hydrogen-bond acceptors (Lipinski definition) is 3. The molecule has 3 N–H and O–H groups in total. The summed E-state index contributed by atoms with van der Waals surface area (Å²) in [6, 6.07) is 7.30. The lowest BCUT2D eigenvalue weighted by molar-refractivity contribution is -0.116. The van der Waals surface area contributed by atoms with Crippen LogP contribution in [0.25, 0.3) is 0 Å². The molecule has 1 aromatic carbocycles. The van der Waals surface area contributed by atoms with Crippen molar-refractivity contribution >= 4 is 11.6 Å². The molecular weight excluding hydrogens is 240 g/mol. The summed E-state index contributed by atoms with van der Waals surface area (Å²) in [5, 5.41) is 15.2. The minimum absolute atomic E-state index is 0.0317. The monoisotopic (exact) mass is 262 g/mol. The van der Waals surface area contributed by atoms with E-state index >= 15 is 0 Å². The van der Waals surface area contributed by atoms with E-state index in [0.717, 1.165) is 30.8 Å². The molecule has 104 valence electrons. The Labute approximate surface area is 114 Å². The van der Waals surface area contributed by atoms with Crippen molar-refractivity contribution < 1.29 is 9.90 Å². The lowest BCUT2D eigenvalue weighted by atomic mass is 9.93. The van der Waals surface area contributed by atoms with Crippen molar-refractivity contribution in [3.8, 4) is 0 Å². The van der Waals surface area contributed by atoms with Crippen LogP contribution in [0.5, 0.6) is 0 Å². The van der Waals surface area contributed by atoms with Crippen molar-refractivity contribution in [3.05, 3.63) is 29.8 Å². The molecule has 1 amide bonds. The van der Waals surface area contributed by atoms with E-state index in [-0.39, 0.29) is 12.5 Å². The van der Waals surface area contributed by atoms with Gasteiger partial charge in [0, 0.05) is 12.1 Å². The zero-order chi connectivity index (χ0) is 13.5. The number of aliphatic hydroxyl groups excluding tert-OH is 1. The molecule has 1 saturated heterocycles. The number of rotatable bonds is 5. The Balaban J connectivity index is 1.73. The number of nitrogens with one attached hydrogen (secondary N) is 2. The van der Waals surface area contributed by atoms with Gasteiger partial charge in [0.25, 0.3) is 0 Å². The number of carbonyl (C=O) groups excluding carboxylic acids is 1. The molecular formula is C15H22N2O2. The van der Waals surface area contributed by atoms with E-state index in [0.29, 0.717) is 12.3 Å². The van der Waals surface area contributed by atoms with Gasteiger partial charge in [0.2, 0.25) is 5.91 Å². The molecule has 4 heteroatoms. The normalized spacial score (nSPS) is 16.3. The second kappa shape index (κ2) is 7.26. The van der Waals surface area contributed by atoms with Crippen molar-refractivity contribution in [2.75, 3.05) is 18.4 Å². The van der Waals surface area contributed by atoms with Crippen LogP contribution in [0.3, 0.4) is 0 Å². The maximum atomic E-state index is 11.8. The first-order valence-corrected chi connectivity index (χ1v) is 6.98. The zero-order valence-electron chi connectivity index (χ0n) is 11.2. The van der Waals surface area contributed by atoms with E-state index in [1.165, 1.54) is 12.8 Å². The van der Waals surface area contributed by atoms with E-state index < -0.39 is 0 Å². The third-order valence-corrected chi connectivity index (χ3v) is 3.66. The summed E-state index contributed by atoms with van der Waals surface area (Å²) in [5.41, 5.74) is 1.65.